The summed E-state index contributed by atoms with van der Waals surface area (Å²) < 4.78 is 6.01. The van der Waals surface area contributed by atoms with Crippen molar-refractivity contribution in [2.75, 3.05) is 6.54 Å². The number of ether oxygens (including phenoxy) is 1. The van der Waals surface area contributed by atoms with Crippen LogP contribution in [0.2, 0.25) is 0 Å². The molecule has 1 saturated heterocycles. The maximum atomic E-state index is 12.8. The van der Waals surface area contributed by atoms with Crippen LogP contribution in [-0.2, 0) is 0 Å². The Bertz CT molecular complexity index is 1100. The van der Waals surface area contributed by atoms with E-state index in [1.807, 2.05) is 54.6 Å². The normalized spacial score (nSPS) is 22.0. The predicted octanol–water partition coefficient (Wildman–Crippen LogP) is 3.54. The van der Waals surface area contributed by atoms with E-state index in [1.54, 1.807) is 11.0 Å². The van der Waals surface area contributed by atoms with E-state index in [0.717, 1.165) is 30.7 Å². The zero-order valence-corrected chi connectivity index (χ0v) is 16.3. The third-order valence-corrected chi connectivity index (χ3v) is 5.97. The number of rotatable bonds is 5. The molecule has 3 aromatic rings. The number of nitrogens with zero attached hydrogens (tertiary/aromatic N) is 3. The number of carbonyl (C=O) groups is 1. The number of likely N-dealkylation sites (tertiary alicyclic amines) is 1. The standard InChI is InChI=1S/C23H21N5O2/c24-14-28-13-15-10-11-20(28)22(15)25-23(29)19-12-18(26-27-19)17-8-4-5-9-21(17)30-16-6-2-1-3-7-16/h1-9,12,15,20,22H,10-11,13H2,(H,25,29)(H,26,27)/t15?,20?,22-/m1/s1. The van der Waals surface area contributed by atoms with Gasteiger partial charge in [0.25, 0.3) is 5.91 Å². The van der Waals surface area contributed by atoms with Crippen molar-refractivity contribution in [2.24, 2.45) is 5.92 Å². The number of carbonyl (C=O) groups excluding carboxylic acids is 1. The van der Waals surface area contributed by atoms with Gasteiger partial charge >= 0.3 is 0 Å². The second-order valence-electron chi connectivity index (χ2n) is 7.73. The molecule has 5 rings (SSSR count). The van der Waals surface area contributed by atoms with Crippen molar-refractivity contribution < 1.29 is 9.53 Å². The molecule has 7 nitrogen and oxygen atoms in total. The van der Waals surface area contributed by atoms with Crippen LogP contribution in [0.1, 0.15) is 23.3 Å². The number of hydrogen-bond acceptors (Lipinski definition) is 5. The molecule has 2 bridgehead atoms. The van der Waals surface area contributed by atoms with Crippen molar-refractivity contribution >= 4 is 5.91 Å². The molecular formula is C23H21N5O2. The van der Waals surface area contributed by atoms with E-state index in [1.165, 1.54) is 0 Å². The van der Waals surface area contributed by atoms with Gasteiger partial charge < -0.3 is 15.0 Å². The summed E-state index contributed by atoms with van der Waals surface area (Å²) >= 11 is 0. The molecular weight excluding hydrogens is 378 g/mol. The molecule has 1 aliphatic heterocycles. The molecule has 30 heavy (non-hydrogen) atoms. The monoisotopic (exact) mass is 399 g/mol. The third-order valence-electron chi connectivity index (χ3n) is 5.97. The average molecular weight is 399 g/mol. The number of aromatic nitrogens is 2. The maximum absolute atomic E-state index is 12.8. The minimum Gasteiger partial charge on any atom is -0.457 e. The maximum Gasteiger partial charge on any atom is 0.269 e. The molecule has 7 heteroatoms. The lowest BCUT2D eigenvalue weighted by atomic mass is 10.1. The van der Waals surface area contributed by atoms with Gasteiger partial charge in [-0.3, -0.25) is 9.89 Å². The number of piperidine rings is 1. The smallest absolute Gasteiger partial charge is 0.269 e. The molecule has 150 valence electrons. The van der Waals surface area contributed by atoms with Gasteiger partial charge in [0.2, 0.25) is 0 Å². The predicted molar refractivity (Wildman–Crippen MR) is 111 cm³/mol. The van der Waals surface area contributed by atoms with E-state index >= 15 is 0 Å². The van der Waals surface area contributed by atoms with E-state index in [2.05, 4.69) is 21.7 Å². The Balaban J connectivity index is 1.34. The van der Waals surface area contributed by atoms with Gasteiger partial charge in [0.1, 0.15) is 17.2 Å². The van der Waals surface area contributed by atoms with Crippen molar-refractivity contribution in [3.8, 4) is 28.9 Å². The molecule has 2 aromatic carbocycles. The molecule has 1 aromatic heterocycles. The molecule has 2 aliphatic rings. The lowest BCUT2D eigenvalue weighted by Gasteiger charge is -2.21. The fourth-order valence-corrected chi connectivity index (χ4v) is 4.52. The summed E-state index contributed by atoms with van der Waals surface area (Å²) in [4.78, 5) is 14.6. The van der Waals surface area contributed by atoms with Gasteiger partial charge in [0, 0.05) is 12.1 Å². The number of nitrogens with one attached hydrogen (secondary N) is 2. The molecule has 2 heterocycles. The van der Waals surface area contributed by atoms with Crippen LogP contribution >= 0.6 is 0 Å². The Hall–Kier alpha value is -3.79. The van der Waals surface area contributed by atoms with Crippen LogP contribution < -0.4 is 10.1 Å². The number of H-pyrrole nitrogens is 1. The number of aromatic amines is 1. The quantitative estimate of drug-likeness (QED) is 0.640. The third kappa shape index (κ3) is 3.26. The molecule has 2 N–H and O–H groups in total. The van der Waals surface area contributed by atoms with E-state index in [9.17, 15) is 10.1 Å². The molecule has 1 saturated carbocycles. The fraction of sp³-hybridized carbons (Fsp3) is 0.261. The van der Waals surface area contributed by atoms with E-state index in [0.29, 0.717) is 23.1 Å². The van der Waals surface area contributed by atoms with Crippen LogP contribution in [0.15, 0.2) is 60.7 Å². The van der Waals surface area contributed by atoms with Gasteiger partial charge in [-0.2, -0.15) is 10.4 Å². The minimum atomic E-state index is -0.197. The van der Waals surface area contributed by atoms with Crippen LogP contribution in [0.4, 0.5) is 0 Å². The Kier molecular flexibility index (Phi) is 4.60. The lowest BCUT2D eigenvalue weighted by molar-refractivity contribution is 0.0924. The Morgan fingerprint density at radius 1 is 1.17 bits per heavy atom. The summed E-state index contributed by atoms with van der Waals surface area (Å²) in [6.45, 7) is 0.727. The number of benzene rings is 2. The SMILES string of the molecule is N#CN1CC2CCC1[C@@H]2NC(=O)c1cc(-c2ccccc2Oc2ccccc2)n[nH]1. The first kappa shape index (κ1) is 18.3. The minimum absolute atomic E-state index is 0.0117. The number of para-hydroxylation sites is 2. The van der Waals surface area contributed by atoms with Gasteiger partial charge in [0.15, 0.2) is 6.19 Å². The fourth-order valence-electron chi connectivity index (χ4n) is 4.52. The van der Waals surface area contributed by atoms with Crippen LogP contribution in [0, 0.1) is 17.4 Å². The van der Waals surface area contributed by atoms with Gasteiger partial charge in [0.05, 0.1) is 17.8 Å². The van der Waals surface area contributed by atoms with E-state index < -0.39 is 0 Å². The van der Waals surface area contributed by atoms with Crippen molar-refractivity contribution in [2.45, 2.75) is 24.9 Å². The topological polar surface area (TPSA) is 94.0 Å². The highest BCUT2D eigenvalue weighted by atomic mass is 16.5. The number of amides is 1. The van der Waals surface area contributed by atoms with Gasteiger partial charge in [-0.25, -0.2) is 0 Å². The molecule has 3 atom stereocenters. The van der Waals surface area contributed by atoms with Crippen molar-refractivity contribution in [1.29, 1.82) is 5.26 Å². The zero-order chi connectivity index (χ0) is 20.5. The number of nitriles is 1. The highest BCUT2D eigenvalue weighted by Crippen LogP contribution is 2.37. The van der Waals surface area contributed by atoms with Crippen molar-refractivity contribution in [3.05, 3.63) is 66.4 Å². The van der Waals surface area contributed by atoms with Crippen molar-refractivity contribution in [1.82, 2.24) is 20.4 Å². The largest absolute Gasteiger partial charge is 0.457 e. The Labute approximate surface area is 174 Å². The number of hydrogen-bond donors (Lipinski definition) is 2. The molecule has 2 unspecified atom stereocenters. The van der Waals surface area contributed by atoms with Gasteiger partial charge in [-0.1, -0.05) is 30.3 Å². The Morgan fingerprint density at radius 3 is 2.77 bits per heavy atom. The summed E-state index contributed by atoms with van der Waals surface area (Å²) in [6, 6.07) is 19.0. The first-order chi connectivity index (χ1) is 14.7. The summed E-state index contributed by atoms with van der Waals surface area (Å²) in [6.07, 6.45) is 4.23. The zero-order valence-electron chi connectivity index (χ0n) is 16.3. The molecule has 1 aliphatic carbocycles. The van der Waals surface area contributed by atoms with Crippen LogP contribution in [0.25, 0.3) is 11.3 Å². The first-order valence-electron chi connectivity index (χ1n) is 10.1. The molecule has 0 spiro atoms. The Morgan fingerprint density at radius 2 is 1.97 bits per heavy atom. The molecule has 1 amide bonds. The van der Waals surface area contributed by atoms with Crippen LogP contribution in [-0.4, -0.2) is 39.6 Å². The summed E-state index contributed by atoms with van der Waals surface area (Å²) in [5.41, 5.74) is 1.84. The van der Waals surface area contributed by atoms with Gasteiger partial charge in [-0.15, -0.1) is 0 Å². The second-order valence-corrected chi connectivity index (χ2v) is 7.73. The van der Waals surface area contributed by atoms with E-state index in [4.69, 9.17) is 4.74 Å². The van der Waals surface area contributed by atoms with Crippen LogP contribution in [0.5, 0.6) is 11.5 Å². The highest BCUT2D eigenvalue weighted by molar-refractivity contribution is 5.94. The summed E-state index contributed by atoms with van der Waals surface area (Å²) in [7, 11) is 0. The first-order valence-corrected chi connectivity index (χ1v) is 10.1. The molecule has 2 fully saturated rings. The van der Waals surface area contributed by atoms with E-state index in [-0.39, 0.29) is 18.0 Å². The average Bonchev–Trinajstić information content (AvgIpc) is 3.50. The second kappa shape index (κ2) is 7.56. The highest BCUT2D eigenvalue weighted by Gasteiger charge is 2.47. The van der Waals surface area contributed by atoms with Crippen molar-refractivity contribution in [3.63, 3.8) is 0 Å². The molecule has 0 radical (unpaired) electrons. The van der Waals surface area contributed by atoms with Gasteiger partial charge in [-0.05, 0) is 49.1 Å². The number of fused-ring (bicyclic) bond motifs is 2. The lowest BCUT2D eigenvalue weighted by Crippen LogP contribution is -2.42. The van der Waals surface area contributed by atoms with Crippen LogP contribution in [0.3, 0.4) is 0 Å². The summed E-state index contributed by atoms with van der Waals surface area (Å²) in [5, 5.41) is 19.5. The summed E-state index contributed by atoms with van der Waals surface area (Å²) in [5.74, 6) is 1.54.